The van der Waals surface area contributed by atoms with Gasteiger partial charge < -0.3 is 11.1 Å². The van der Waals surface area contributed by atoms with Gasteiger partial charge in [0.1, 0.15) is 33.9 Å². The van der Waals surface area contributed by atoms with E-state index in [4.69, 9.17) is 17.3 Å². The lowest BCUT2D eigenvalue weighted by atomic mass is 10.3. The van der Waals surface area contributed by atoms with Gasteiger partial charge in [-0.15, -0.1) is 11.8 Å². The van der Waals surface area contributed by atoms with Crippen LogP contribution in [0.3, 0.4) is 0 Å². The molecule has 2 aromatic carbocycles. The topological polar surface area (TPSA) is 107 Å². The lowest BCUT2D eigenvalue weighted by molar-refractivity contribution is -0.116. The molecule has 3 rings (SSSR count). The number of anilines is 2. The van der Waals surface area contributed by atoms with Crippen molar-refractivity contribution in [2.75, 3.05) is 16.8 Å². The van der Waals surface area contributed by atoms with Crippen LogP contribution in [0.4, 0.5) is 20.3 Å². The maximum absolute atomic E-state index is 13.8. The summed E-state index contributed by atoms with van der Waals surface area (Å²) in [5.74, 6) is -2.18. The molecular weight excluding hydrogens is 470 g/mol. The van der Waals surface area contributed by atoms with Crippen molar-refractivity contribution >= 4 is 50.6 Å². The van der Waals surface area contributed by atoms with Crippen molar-refractivity contribution in [3.8, 4) is 0 Å². The maximum Gasteiger partial charge on any atom is 0.246 e. The number of nitrogen functional groups attached to an aromatic ring is 1. The van der Waals surface area contributed by atoms with E-state index in [1.165, 1.54) is 24.3 Å². The van der Waals surface area contributed by atoms with Gasteiger partial charge in [0.2, 0.25) is 15.7 Å². The van der Waals surface area contributed by atoms with Crippen molar-refractivity contribution in [1.29, 1.82) is 0 Å². The molecule has 31 heavy (non-hydrogen) atoms. The Balaban J connectivity index is 1.94. The average molecular weight is 487 g/mol. The van der Waals surface area contributed by atoms with Gasteiger partial charge in [0.25, 0.3) is 0 Å². The SMILES string of the molecule is CCSc1nn(CC(=O)Nc2ccc(F)cc2F)c(N)c1S(=O)(=O)c1ccc(Cl)cc1. The van der Waals surface area contributed by atoms with E-state index in [9.17, 15) is 22.0 Å². The molecule has 0 bridgehead atoms. The van der Waals surface area contributed by atoms with Crippen LogP contribution >= 0.6 is 23.4 Å². The molecule has 164 valence electrons. The van der Waals surface area contributed by atoms with Crippen molar-refractivity contribution in [2.24, 2.45) is 0 Å². The monoisotopic (exact) mass is 486 g/mol. The highest BCUT2D eigenvalue weighted by atomic mass is 35.5. The zero-order chi connectivity index (χ0) is 22.8. The van der Waals surface area contributed by atoms with Crippen LogP contribution in [0.5, 0.6) is 0 Å². The Labute approximate surface area is 186 Å². The number of nitrogens with two attached hydrogens (primary N) is 1. The predicted molar refractivity (Wildman–Crippen MR) is 115 cm³/mol. The molecule has 0 fully saturated rings. The van der Waals surface area contributed by atoms with E-state index < -0.39 is 33.9 Å². The molecule has 0 aliphatic carbocycles. The summed E-state index contributed by atoms with van der Waals surface area (Å²) in [6, 6.07) is 8.26. The van der Waals surface area contributed by atoms with Crippen LogP contribution in [-0.2, 0) is 21.2 Å². The lowest BCUT2D eigenvalue weighted by Gasteiger charge is -2.08. The standard InChI is InChI=1S/C19H17ClF2N4O3S2/c1-2-30-19-17(31(28,29)13-6-3-11(20)4-7-13)18(23)26(25-19)10-16(27)24-15-8-5-12(21)9-14(15)22/h3-9H,2,10,23H2,1H3,(H,24,27). The normalized spacial score (nSPS) is 11.5. The Hall–Kier alpha value is -2.63. The molecule has 0 radical (unpaired) electrons. The number of amides is 1. The summed E-state index contributed by atoms with van der Waals surface area (Å²) in [7, 11) is -4.05. The number of nitrogens with zero attached hydrogens (tertiary/aromatic N) is 2. The van der Waals surface area contributed by atoms with E-state index in [2.05, 4.69) is 10.4 Å². The summed E-state index contributed by atoms with van der Waals surface area (Å²) < 4.78 is 54.1. The van der Waals surface area contributed by atoms with Gasteiger partial charge >= 0.3 is 0 Å². The predicted octanol–water partition coefficient (Wildman–Crippen LogP) is 3.98. The lowest BCUT2D eigenvalue weighted by Crippen LogP contribution is -2.21. The van der Waals surface area contributed by atoms with Crippen LogP contribution in [0.1, 0.15) is 6.92 Å². The molecule has 0 spiro atoms. The van der Waals surface area contributed by atoms with E-state index >= 15 is 0 Å². The van der Waals surface area contributed by atoms with Crippen LogP contribution in [0.2, 0.25) is 5.02 Å². The van der Waals surface area contributed by atoms with Crippen molar-refractivity contribution < 1.29 is 22.0 Å². The minimum Gasteiger partial charge on any atom is -0.383 e. The Morgan fingerprint density at radius 2 is 1.90 bits per heavy atom. The van der Waals surface area contributed by atoms with E-state index in [1.807, 2.05) is 6.92 Å². The summed E-state index contributed by atoms with van der Waals surface area (Å²) in [5.41, 5.74) is 5.83. The largest absolute Gasteiger partial charge is 0.383 e. The molecule has 1 amide bonds. The number of carbonyl (C=O) groups is 1. The van der Waals surface area contributed by atoms with E-state index in [-0.39, 0.29) is 26.3 Å². The van der Waals surface area contributed by atoms with Crippen molar-refractivity contribution in [3.05, 3.63) is 59.1 Å². The fourth-order valence-electron chi connectivity index (χ4n) is 2.69. The van der Waals surface area contributed by atoms with Crippen LogP contribution < -0.4 is 11.1 Å². The first kappa shape index (κ1) is 23.0. The minimum atomic E-state index is -4.05. The van der Waals surface area contributed by atoms with E-state index in [0.717, 1.165) is 28.6 Å². The van der Waals surface area contributed by atoms with Gasteiger partial charge in [0.05, 0.1) is 10.6 Å². The summed E-state index contributed by atoms with van der Waals surface area (Å²) in [6.45, 7) is 1.33. The molecule has 3 aromatic rings. The van der Waals surface area contributed by atoms with Crippen molar-refractivity contribution in [1.82, 2.24) is 9.78 Å². The first-order valence-electron chi connectivity index (χ1n) is 8.88. The Bertz CT molecular complexity index is 1230. The van der Waals surface area contributed by atoms with Gasteiger partial charge in [-0.05, 0) is 42.2 Å². The highest BCUT2D eigenvalue weighted by Gasteiger charge is 2.30. The van der Waals surface area contributed by atoms with Gasteiger partial charge in [-0.1, -0.05) is 18.5 Å². The molecule has 0 saturated carbocycles. The smallest absolute Gasteiger partial charge is 0.246 e. The zero-order valence-corrected chi connectivity index (χ0v) is 18.5. The second-order valence-electron chi connectivity index (χ2n) is 6.24. The van der Waals surface area contributed by atoms with Crippen LogP contribution in [0.15, 0.2) is 57.3 Å². The summed E-state index contributed by atoms with van der Waals surface area (Å²) in [4.78, 5) is 12.1. The maximum atomic E-state index is 13.8. The third-order valence-corrected chi connectivity index (χ3v) is 7.15. The summed E-state index contributed by atoms with van der Waals surface area (Å²) in [5, 5.41) is 6.95. The number of benzene rings is 2. The third-order valence-electron chi connectivity index (χ3n) is 4.09. The van der Waals surface area contributed by atoms with Gasteiger partial charge in [-0.25, -0.2) is 21.9 Å². The number of halogens is 3. The van der Waals surface area contributed by atoms with Gasteiger partial charge in [-0.2, -0.15) is 5.10 Å². The minimum absolute atomic E-state index is 0.0288. The van der Waals surface area contributed by atoms with E-state index in [0.29, 0.717) is 16.8 Å². The number of carbonyl (C=O) groups excluding carboxylic acids is 1. The van der Waals surface area contributed by atoms with Crippen LogP contribution in [-0.4, -0.2) is 29.9 Å². The number of aromatic nitrogens is 2. The highest BCUT2D eigenvalue weighted by molar-refractivity contribution is 8.00. The number of hydrogen-bond donors (Lipinski definition) is 2. The second kappa shape index (κ2) is 9.25. The summed E-state index contributed by atoms with van der Waals surface area (Å²) >= 11 is 6.98. The van der Waals surface area contributed by atoms with Crippen LogP contribution in [0.25, 0.3) is 0 Å². The molecule has 0 aliphatic heterocycles. The fraction of sp³-hybridized carbons (Fsp3) is 0.158. The molecule has 7 nitrogen and oxygen atoms in total. The molecule has 0 saturated heterocycles. The molecule has 0 unspecified atom stereocenters. The number of nitrogens with one attached hydrogen (secondary N) is 1. The quantitative estimate of drug-likeness (QED) is 0.489. The van der Waals surface area contributed by atoms with Crippen molar-refractivity contribution in [3.63, 3.8) is 0 Å². The molecular formula is C19H17ClF2N4O3S2. The molecule has 1 aromatic heterocycles. The average Bonchev–Trinajstić information content (AvgIpc) is 3.00. The second-order valence-corrected chi connectivity index (χ2v) is 9.82. The molecule has 0 atom stereocenters. The summed E-state index contributed by atoms with van der Waals surface area (Å²) in [6.07, 6.45) is 0. The number of sulfone groups is 1. The Morgan fingerprint density at radius 3 is 2.52 bits per heavy atom. The van der Waals surface area contributed by atoms with Crippen molar-refractivity contribution in [2.45, 2.75) is 28.3 Å². The number of hydrogen-bond acceptors (Lipinski definition) is 6. The Morgan fingerprint density at radius 1 is 1.23 bits per heavy atom. The molecule has 12 heteroatoms. The Kier molecular flexibility index (Phi) is 6.87. The van der Waals surface area contributed by atoms with Crippen LogP contribution in [0, 0.1) is 11.6 Å². The fourth-order valence-corrected chi connectivity index (χ4v) is 5.37. The van der Waals surface area contributed by atoms with Gasteiger partial charge in [-0.3, -0.25) is 4.79 Å². The molecule has 1 heterocycles. The molecule has 3 N–H and O–H groups in total. The first-order valence-corrected chi connectivity index (χ1v) is 11.7. The van der Waals surface area contributed by atoms with Gasteiger partial charge in [0.15, 0.2) is 0 Å². The number of thioether (sulfide) groups is 1. The van der Waals surface area contributed by atoms with Gasteiger partial charge in [0, 0.05) is 11.1 Å². The number of rotatable bonds is 7. The third kappa shape index (κ3) is 5.00. The van der Waals surface area contributed by atoms with E-state index in [1.54, 1.807) is 0 Å². The first-order chi connectivity index (χ1) is 14.6. The highest BCUT2D eigenvalue weighted by Crippen LogP contribution is 2.35. The zero-order valence-electron chi connectivity index (χ0n) is 16.1. The molecule has 0 aliphatic rings.